The molecule has 2 nitrogen and oxygen atoms in total. The molecule has 2 rings (SSSR count). The molecule has 1 saturated carbocycles. The standard InChI is InChI=1S/C17H26BrNO/c1-3-19-13-17(10-4-5-14(2)11-17)20-12-15-6-8-16(18)9-7-15/h6-9,14,19H,3-5,10-13H2,1-2H3. The fourth-order valence-corrected chi connectivity index (χ4v) is 3.39. The van der Waals surface area contributed by atoms with E-state index in [1.807, 2.05) is 0 Å². The minimum atomic E-state index is 0.0285. The second-order valence-electron chi connectivity index (χ2n) is 6.08. The molecule has 3 heteroatoms. The molecule has 0 saturated heterocycles. The second-order valence-corrected chi connectivity index (χ2v) is 7.00. The maximum Gasteiger partial charge on any atom is 0.0813 e. The number of rotatable bonds is 6. The Kier molecular flexibility index (Phi) is 6.06. The number of halogens is 1. The van der Waals surface area contributed by atoms with E-state index < -0.39 is 0 Å². The number of nitrogens with one attached hydrogen (secondary N) is 1. The van der Waals surface area contributed by atoms with Crippen LogP contribution in [0.15, 0.2) is 28.7 Å². The van der Waals surface area contributed by atoms with Gasteiger partial charge < -0.3 is 10.1 Å². The summed E-state index contributed by atoms with van der Waals surface area (Å²) in [6.45, 7) is 7.21. The van der Waals surface area contributed by atoms with Crippen molar-refractivity contribution < 1.29 is 4.74 Å². The van der Waals surface area contributed by atoms with Crippen molar-refractivity contribution in [1.29, 1.82) is 0 Å². The normalized spacial score (nSPS) is 26.6. The van der Waals surface area contributed by atoms with Crippen LogP contribution in [0.1, 0.15) is 45.1 Å². The number of hydrogen-bond donors (Lipinski definition) is 1. The van der Waals surface area contributed by atoms with Gasteiger partial charge in [0.05, 0.1) is 12.2 Å². The van der Waals surface area contributed by atoms with Crippen molar-refractivity contribution in [2.75, 3.05) is 13.1 Å². The maximum atomic E-state index is 6.39. The van der Waals surface area contributed by atoms with Gasteiger partial charge in [-0.05, 0) is 43.0 Å². The van der Waals surface area contributed by atoms with Gasteiger partial charge in [0.2, 0.25) is 0 Å². The zero-order valence-corrected chi connectivity index (χ0v) is 14.2. The topological polar surface area (TPSA) is 21.3 Å². The minimum Gasteiger partial charge on any atom is -0.369 e. The molecule has 1 aromatic carbocycles. The van der Waals surface area contributed by atoms with Crippen molar-refractivity contribution in [3.8, 4) is 0 Å². The summed E-state index contributed by atoms with van der Waals surface area (Å²) in [6, 6.07) is 8.44. The molecule has 0 aromatic heterocycles. The Bertz CT molecular complexity index is 406. The highest BCUT2D eigenvalue weighted by atomic mass is 79.9. The summed E-state index contributed by atoms with van der Waals surface area (Å²) in [6.07, 6.45) is 4.99. The van der Waals surface area contributed by atoms with Crippen LogP contribution in [0.4, 0.5) is 0 Å². The quantitative estimate of drug-likeness (QED) is 0.822. The molecule has 1 aliphatic rings. The van der Waals surface area contributed by atoms with Crippen LogP contribution in [0.3, 0.4) is 0 Å². The highest BCUT2D eigenvalue weighted by Crippen LogP contribution is 2.35. The van der Waals surface area contributed by atoms with Crippen LogP contribution in [-0.4, -0.2) is 18.7 Å². The third-order valence-electron chi connectivity index (χ3n) is 4.21. The first kappa shape index (κ1) is 16.0. The zero-order chi connectivity index (χ0) is 14.4. The van der Waals surface area contributed by atoms with E-state index in [-0.39, 0.29) is 5.60 Å². The van der Waals surface area contributed by atoms with Crippen molar-refractivity contribution in [2.45, 2.75) is 51.7 Å². The van der Waals surface area contributed by atoms with E-state index in [0.29, 0.717) is 6.61 Å². The molecule has 0 radical (unpaired) electrons. The summed E-state index contributed by atoms with van der Waals surface area (Å²) in [5.41, 5.74) is 1.28. The molecule has 2 atom stereocenters. The van der Waals surface area contributed by atoms with Gasteiger partial charge in [0, 0.05) is 11.0 Å². The summed E-state index contributed by atoms with van der Waals surface area (Å²) in [5, 5.41) is 3.49. The van der Waals surface area contributed by atoms with Crippen LogP contribution in [0.2, 0.25) is 0 Å². The van der Waals surface area contributed by atoms with E-state index in [2.05, 4.69) is 59.4 Å². The Morgan fingerprint density at radius 2 is 2.10 bits per heavy atom. The lowest BCUT2D eigenvalue weighted by Crippen LogP contribution is -2.46. The lowest BCUT2D eigenvalue weighted by molar-refractivity contribution is -0.0887. The minimum absolute atomic E-state index is 0.0285. The summed E-state index contributed by atoms with van der Waals surface area (Å²) in [7, 11) is 0. The molecule has 2 unspecified atom stereocenters. The van der Waals surface area contributed by atoms with E-state index in [1.54, 1.807) is 0 Å². The molecule has 112 valence electrons. The van der Waals surface area contributed by atoms with E-state index >= 15 is 0 Å². The van der Waals surface area contributed by atoms with E-state index in [0.717, 1.165) is 23.5 Å². The fraction of sp³-hybridized carbons (Fsp3) is 0.647. The summed E-state index contributed by atoms with van der Waals surface area (Å²) >= 11 is 3.47. The fourth-order valence-electron chi connectivity index (χ4n) is 3.12. The van der Waals surface area contributed by atoms with Gasteiger partial charge in [-0.3, -0.25) is 0 Å². The van der Waals surface area contributed by atoms with Crippen LogP contribution >= 0.6 is 15.9 Å². The van der Waals surface area contributed by atoms with Gasteiger partial charge in [-0.25, -0.2) is 0 Å². The van der Waals surface area contributed by atoms with Crippen LogP contribution in [0, 0.1) is 5.92 Å². The average Bonchev–Trinajstić information content (AvgIpc) is 2.45. The van der Waals surface area contributed by atoms with Crippen LogP contribution < -0.4 is 5.32 Å². The van der Waals surface area contributed by atoms with Crippen LogP contribution in [0.5, 0.6) is 0 Å². The molecule has 1 aliphatic carbocycles. The Morgan fingerprint density at radius 1 is 1.35 bits per heavy atom. The summed E-state index contributed by atoms with van der Waals surface area (Å²) in [5.74, 6) is 0.771. The molecule has 0 heterocycles. The van der Waals surface area contributed by atoms with Crippen molar-refractivity contribution >= 4 is 15.9 Å². The van der Waals surface area contributed by atoms with Crippen molar-refractivity contribution in [2.24, 2.45) is 5.92 Å². The monoisotopic (exact) mass is 339 g/mol. The first-order chi connectivity index (χ1) is 9.63. The van der Waals surface area contributed by atoms with Gasteiger partial charge in [0.15, 0.2) is 0 Å². The first-order valence-electron chi connectivity index (χ1n) is 7.73. The summed E-state index contributed by atoms with van der Waals surface area (Å²) in [4.78, 5) is 0. The molecular formula is C17H26BrNO. The van der Waals surface area contributed by atoms with Crippen LogP contribution in [-0.2, 0) is 11.3 Å². The Balaban J connectivity index is 1.98. The maximum absolute atomic E-state index is 6.39. The molecular weight excluding hydrogens is 314 g/mol. The van der Waals surface area contributed by atoms with E-state index in [4.69, 9.17) is 4.74 Å². The third-order valence-corrected chi connectivity index (χ3v) is 4.73. The lowest BCUT2D eigenvalue weighted by atomic mass is 9.78. The van der Waals surface area contributed by atoms with Crippen LogP contribution in [0.25, 0.3) is 0 Å². The first-order valence-corrected chi connectivity index (χ1v) is 8.52. The van der Waals surface area contributed by atoms with Gasteiger partial charge in [0.25, 0.3) is 0 Å². The molecule has 1 N–H and O–H groups in total. The lowest BCUT2D eigenvalue weighted by Gasteiger charge is -2.40. The summed E-state index contributed by atoms with van der Waals surface area (Å²) < 4.78 is 7.51. The molecule has 0 bridgehead atoms. The van der Waals surface area contributed by atoms with Gasteiger partial charge in [-0.15, -0.1) is 0 Å². The number of likely N-dealkylation sites (N-methyl/N-ethyl adjacent to an activating group) is 1. The molecule has 20 heavy (non-hydrogen) atoms. The van der Waals surface area contributed by atoms with Crippen molar-refractivity contribution in [3.05, 3.63) is 34.3 Å². The predicted molar refractivity (Wildman–Crippen MR) is 87.8 cm³/mol. The van der Waals surface area contributed by atoms with Crippen molar-refractivity contribution in [1.82, 2.24) is 5.32 Å². The number of benzene rings is 1. The molecule has 0 aliphatic heterocycles. The predicted octanol–water partition coefficient (Wildman–Crippen LogP) is 4.52. The molecule has 1 aromatic rings. The highest BCUT2D eigenvalue weighted by molar-refractivity contribution is 9.10. The van der Waals surface area contributed by atoms with Gasteiger partial charge in [-0.2, -0.15) is 0 Å². The Morgan fingerprint density at radius 3 is 2.75 bits per heavy atom. The number of hydrogen-bond acceptors (Lipinski definition) is 2. The van der Waals surface area contributed by atoms with Gasteiger partial charge >= 0.3 is 0 Å². The van der Waals surface area contributed by atoms with E-state index in [9.17, 15) is 0 Å². The zero-order valence-electron chi connectivity index (χ0n) is 12.6. The van der Waals surface area contributed by atoms with Gasteiger partial charge in [0.1, 0.15) is 0 Å². The van der Waals surface area contributed by atoms with Crippen molar-refractivity contribution in [3.63, 3.8) is 0 Å². The SMILES string of the molecule is CCNCC1(OCc2ccc(Br)cc2)CCCC(C)C1. The van der Waals surface area contributed by atoms with E-state index in [1.165, 1.54) is 31.2 Å². The molecule has 0 amide bonds. The smallest absolute Gasteiger partial charge is 0.0813 e. The molecule has 1 fully saturated rings. The molecule has 0 spiro atoms. The largest absolute Gasteiger partial charge is 0.369 e. The Hall–Kier alpha value is -0.380. The average molecular weight is 340 g/mol. The highest BCUT2D eigenvalue weighted by Gasteiger charge is 2.35. The van der Waals surface area contributed by atoms with Gasteiger partial charge in [-0.1, -0.05) is 54.8 Å². The number of ether oxygens (including phenoxy) is 1. The third kappa shape index (κ3) is 4.57. The second kappa shape index (κ2) is 7.58. The Labute approximate surface area is 131 Å².